The number of hydrogen-bond acceptors (Lipinski definition) is 1. The maximum Gasteiger partial charge on any atom is 0.0685 e. The van der Waals surface area contributed by atoms with Crippen LogP contribution < -0.4 is 0 Å². The quantitative estimate of drug-likeness (QED) is 0.663. The lowest BCUT2D eigenvalue weighted by atomic mass is 9.71. The Morgan fingerprint density at radius 1 is 1.35 bits per heavy atom. The molecule has 2 heteroatoms. The number of rotatable bonds is 3. The molecule has 0 aromatic rings. The first kappa shape index (κ1) is 13.7. The zero-order valence-corrected chi connectivity index (χ0v) is 12.4. The number of halogens is 1. The van der Waals surface area contributed by atoms with Crippen LogP contribution in [0.4, 0.5) is 0 Å². The molecule has 0 aromatic carbocycles. The molecule has 1 saturated carbocycles. The van der Waals surface area contributed by atoms with Crippen LogP contribution in [0.25, 0.3) is 0 Å². The predicted octanol–water partition coefficient (Wildman–Crippen LogP) is 4.77. The molecule has 1 saturated heterocycles. The van der Waals surface area contributed by atoms with Crippen molar-refractivity contribution in [1.29, 1.82) is 0 Å². The van der Waals surface area contributed by atoms with Gasteiger partial charge in [-0.2, -0.15) is 0 Å². The Morgan fingerprint density at radius 3 is 2.59 bits per heavy atom. The summed E-state index contributed by atoms with van der Waals surface area (Å²) in [5.41, 5.74) is 0.535. The maximum absolute atomic E-state index is 6.46. The minimum absolute atomic E-state index is 0.237. The molecule has 0 N–H and O–H groups in total. The average molecular weight is 259 g/mol. The second-order valence-corrected chi connectivity index (χ2v) is 7.68. The third kappa shape index (κ3) is 3.38. The van der Waals surface area contributed by atoms with Gasteiger partial charge < -0.3 is 4.74 Å². The Balaban J connectivity index is 1.76. The van der Waals surface area contributed by atoms with Crippen LogP contribution in [0, 0.1) is 11.3 Å². The average Bonchev–Trinajstić information content (AvgIpc) is 2.23. The second kappa shape index (κ2) is 5.09. The molecular formula is C15H27ClO. The van der Waals surface area contributed by atoms with E-state index in [0.717, 1.165) is 18.9 Å². The predicted molar refractivity (Wildman–Crippen MR) is 73.6 cm³/mol. The molecule has 100 valence electrons. The van der Waals surface area contributed by atoms with Gasteiger partial charge in [0.15, 0.2) is 0 Å². The zero-order chi connectivity index (χ0) is 12.5. The summed E-state index contributed by atoms with van der Waals surface area (Å²) in [5.74, 6) is 0.854. The fraction of sp³-hybridized carbons (Fsp3) is 1.00. The molecule has 2 atom stereocenters. The van der Waals surface area contributed by atoms with Crippen LogP contribution in [0.5, 0.6) is 0 Å². The lowest BCUT2D eigenvalue weighted by Crippen LogP contribution is -2.45. The van der Waals surface area contributed by atoms with Crippen LogP contribution in [0.2, 0.25) is 0 Å². The SMILES string of the molecule is CC(C)(C)C(Cl)CCC1CCOC2(CCC2)C1. The van der Waals surface area contributed by atoms with Gasteiger partial charge in [-0.3, -0.25) is 0 Å². The highest BCUT2D eigenvalue weighted by atomic mass is 35.5. The molecule has 1 aliphatic heterocycles. The molecule has 0 amide bonds. The third-order valence-corrected chi connectivity index (χ3v) is 5.50. The minimum Gasteiger partial charge on any atom is -0.375 e. The van der Waals surface area contributed by atoms with Crippen molar-refractivity contribution in [2.75, 3.05) is 6.61 Å². The van der Waals surface area contributed by atoms with E-state index in [1.54, 1.807) is 0 Å². The first-order chi connectivity index (χ1) is 7.91. The van der Waals surface area contributed by atoms with Gasteiger partial charge in [-0.15, -0.1) is 11.6 Å². The van der Waals surface area contributed by atoms with Gasteiger partial charge in [-0.25, -0.2) is 0 Å². The number of hydrogen-bond donors (Lipinski definition) is 0. The van der Waals surface area contributed by atoms with Gasteiger partial charge >= 0.3 is 0 Å². The lowest BCUT2D eigenvalue weighted by Gasteiger charge is -2.47. The van der Waals surface area contributed by atoms with Crippen LogP contribution in [-0.4, -0.2) is 17.6 Å². The summed E-state index contributed by atoms with van der Waals surface area (Å²) in [6.45, 7) is 7.69. The normalized spacial score (nSPS) is 30.0. The molecule has 2 aliphatic rings. The smallest absolute Gasteiger partial charge is 0.0685 e. The van der Waals surface area contributed by atoms with Crippen molar-refractivity contribution in [3.63, 3.8) is 0 Å². The van der Waals surface area contributed by atoms with E-state index in [-0.39, 0.29) is 5.41 Å². The van der Waals surface area contributed by atoms with Crippen molar-refractivity contribution in [3.8, 4) is 0 Å². The topological polar surface area (TPSA) is 9.23 Å². The molecule has 0 radical (unpaired) electrons. The van der Waals surface area contributed by atoms with Crippen LogP contribution in [0.15, 0.2) is 0 Å². The Hall–Kier alpha value is 0.250. The molecule has 2 unspecified atom stereocenters. The molecule has 0 aromatic heterocycles. The van der Waals surface area contributed by atoms with Crippen molar-refractivity contribution in [2.45, 2.75) is 76.7 Å². The van der Waals surface area contributed by atoms with Crippen molar-refractivity contribution >= 4 is 11.6 Å². The van der Waals surface area contributed by atoms with Gasteiger partial charge in [-0.1, -0.05) is 20.8 Å². The molecule has 1 nitrogen and oxygen atoms in total. The summed E-state index contributed by atoms with van der Waals surface area (Å²) in [5, 5.41) is 0.308. The number of alkyl halides is 1. The van der Waals surface area contributed by atoms with E-state index in [1.165, 1.54) is 38.5 Å². The van der Waals surface area contributed by atoms with E-state index in [0.29, 0.717) is 11.0 Å². The molecule has 1 spiro atoms. The first-order valence-electron chi connectivity index (χ1n) is 7.19. The minimum atomic E-state index is 0.237. The standard InChI is InChI=1S/C15H27ClO/c1-14(2,3)13(16)6-5-12-7-10-17-15(11-12)8-4-9-15/h12-13H,4-11H2,1-3H3. The van der Waals surface area contributed by atoms with Crippen molar-refractivity contribution in [2.24, 2.45) is 11.3 Å². The molecule has 1 heterocycles. The molecule has 2 rings (SSSR count). The largest absolute Gasteiger partial charge is 0.375 e. The molecule has 1 aliphatic carbocycles. The van der Waals surface area contributed by atoms with E-state index >= 15 is 0 Å². The van der Waals surface area contributed by atoms with Gasteiger partial charge in [0.1, 0.15) is 0 Å². The van der Waals surface area contributed by atoms with Gasteiger partial charge in [0.25, 0.3) is 0 Å². The van der Waals surface area contributed by atoms with Gasteiger partial charge in [0, 0.05) is 12.0 Å². The van der Waals surface area contributed by atoms with E-state index in [1.807, 2.05) is 0 Å². The summed E-state index contributed by atoms with van der Waals surface area (Å²) >= 11 is 6.46. The van der Waals surface area contributed by atoms with Crippen LogP contribution in [0.3, 0.4) is 0 Å². The zero-order valence-electron chi connectivity index (χ0n) is 11.6. The first-order valence-corrected chi connectivity index (χ1v) is 7.63. The van der Waals surface area contributed by atoms with Crippen LogP contribution in [-0.2, 0) is 4.74 Å². The fourth-order valence-electron chi connectivity index (χ4n) is 3.11. The maximum atomic E-state index is 6.46. The Bertz CT molecular complexity index is 252. The summed E-state index contributed by atoms with van der Waals surface area (Å²) in [6.07, 6.45) is 8.95. The summed E-state index contributed by atoms with van der Waals surface area (Å²) in [6, 6.07) is 0. The van der Waals surface area contributed by atoms with Gasteiger partial charge in [0.2, 0.25) is 0 Å². The Labute approximate surface area is 111 Å². The van der Waals surface area contributed by atoms with Crippen LogP contribution in [0.1, 0.15) is 65.7 Å². The van der Waals surface area contributed by atoms with Crippen molar-refractivity contribution < 1.29 is 4.74 Å². The lowest BCUT2D eigenvalue weighted by molar-refractivity contribution is -0.144. The highest BCUT2D eigenvalue weighted by Gasteiger charge is 2.42. The van der Waals surface area contributed by atoms with E-state index in [9.17, 15) is 0 Å². The molecular weight excluding hydrogens is 232 g/mol. The summed E-state index contributed by atoms with van der Waals surface area (Å²) < 4.78 is 5.97. The monoisotopic (exact) mass is 258 g/mol. The van der Waals surface area contributed by atoms with E-state index < -0.39 is 0 Å². The summed E-state index contributed by atoms with van der Waals surface area (Å²) in [4.78, 5) is 0. The molecule has 0 bridgehead atoms. The fourth-order valence-corrected chi connectivity index (χ4v) is 3.24. The molecule has 2 fully saturated rings. The summed E-state index contributed by atoms with van der Waals surface area (Å²) in [7, 11) is 0. The van der Waals surface area contributed by atoms with E-state index in [2.05, 4.69) is 20.8 Å². The number of ether oxygens (including phenoxy) is 1. The van der Waals surface area contributed by atoms with Gasteiger partial charge in [-0.05, 0) is 56.3 Å². The highest BCUT2D eigenvalue weighted by Crippen LogP contribution is 2.45. The highest BCUT2D eigenvalue weighted by molar-refractivity contribution is 6.21. The second-order valence-electron chi connectivity index (χ2n) is 7.15. The van der Waals surface area contributed by atoms with E-state index in [4.69, 9.17) is 16.3 Å². The van der Waals surface area contributed by atoms with Gasteiger partial charge in [0.05, 0.1) is 5.60 Å². The van der Waals surface area contributed by atoms with Crippen LogP contribution >= 0.6 is 11.6 Å². The Morgan fingerprint density at radius 2 is 2.06 bits per heavy atom. The van der Waals surface area contributed by atoms with Crippen molar-refractivity contribution in [3.05, 3.63) is 0 Å². The van der Waals surface area contributed by atoms with Crippen molar-refractivity contribution in [1.82, 2.24) is 0 Å². The third-order valence-electron chi connectivity index (χ3n) is 4.63. The Kier molecular flexibility index (Phi) is 4.09. The molecule has 17 heavy (non-hydrogen) atoms.